The number of quaternary nitrogens is 1. The van der Waals surface area contributed by atoms with Crippen LogP contribution in [-0.4, -0.2) is 69.4 Å². The fourth-order valence-corrected chi connectivity index (χ4v) is 9.92. The van der Waals surface area contributed by atoms with Crippen LogP contribution in [-0.2, 0) is 27.9 Å². The van der Waals surface area contributed by atoms with Crippen molar-refractivity contribution in [3.8, 4) is 0 Å². The lowest BCUT2D eigenvalue weighted by atomic mass is 10.0. The smallest absolute Gasteiger partial charge is 0.306 e. The van der Waals surface area contributed by atoms with Gasteiger partial charge in [-0.1, -0.05) is 263 Å². The summed E-state index contributed by atoms with van der Waals surface area (Å²) in [5, 5.41) is 3.03. The zero-order chi connectivity index (χ0) is 53.6. The van der Waals surface area contributed by atoms with E-state index >= 15 is 0 Å². The van der Waals surface area contributed by atoms with E-state index in [1.807, 2.05) is 33.3 Å². The van der Waals surface area contributed by atoms with Crippen LogP contribution in [0.3, 0.4) is 0 Å². The van der Waals surface area contributed by atoms with Crippen LogP contribution in [0.1, 0.15) is 303 Å². The number of nitrogens with one attached hydrogen (secondary N) is 1. The zero-order valence-corrected chi connectivity index (χ0v) is 50.0. The van der Waals surface area contributed by atoms with Gasteiger partial charge in [-0.15, -0.1) is 0 Å². The van der Waals surface area contributed by atoms with Crippen molar-refractivity contribution in [1.29, 1.82) is 0 Å². The molecule has 0 bridgehead atoms. The second kappa shape index (κ2) is 53.6. The van der Waals surface area contributed by atoms with Crippen LogP contribution in [0.5, 0.6) is 0 Å². The second-order valence-corrected chi connectivity index (χ2v) is 24.0. The number of hydrogen-bond acceptors (Lipinski definition) is 7. The summed E-state index contributed by atoms with van der Waals surface area (Å²) in [6.07, 6.45) is 63.9. The van der Waals surface area contributed by atoms with Crippen LogP contribution < -0.4 is 10.2 Å². The molecular formula is C63H121N2O7P. The van der Waals surface area contributed by atoms with E-state index in [0.717, 1.165) is 64.2 Å². The number of amides is 1. The number of nitrogens with zero attached hydrogens (tertiary/aromatic N) is 1. The normalized spacial score (nSPS) is 13.9. The molecular weight excluding hydrogens is 928 g/mol. The van der Waals surface area contributed by atoms with Crippen molar-refractivity contribution in [2.45, 2.75) is 315 Å². The molecule has 0 fully saturated rings. The monoisotopic (exact) mass is 1050 g/mol. The maximum Gasteiger partial charge on any atom is 0.306 e. The number of phosphoric ester groups is 1. The van der Waals surface area contributed by atoms with Crippen molar-refractivity contribution < 1.29 is 37.3 Å². The molecule has 3 unspecified atom stereocenters. The number of rotatable bonds is 57. The summed E-state index contributed by atoms with van der Waals surface area (Å²) in [5.41, 5.74) is 0. The minimum Gasteiger partial charge on any atom is -0.756 e. The summed E-state index contributed by atoms with van der Waals surface area (Å²) in [6.45, 7) is 6.84. The van der Waals surface area contributed by atoms with Crippen LogP contribution in [0.2, 0.25) is 0 Å². The first-order chi connectivity index (χ1) is 35.4. The average Bonchev–Trinajstić information content (AvgIpc) is 3.35. The van der Waals surface area contributed by atoms with Crippen LogP contribution in [0.15, 0.2) is 36.5 Å². The minimum absolute atomic E-state index is 0.0203. The first-order valence-electron chi connectivity index (χ1n) is 31.3. The van der Waals surface area contributed by atoms with E-state index in [1.54, 1.807) is 0 Å². The maximum absolute atomic E-state index is 13.5. The van der Waals surface area contributed by atoms with Gasteiger partial charge in [-0.05, 0) is 63.9 Å². The summed E-state index contributed by atoms with van der Waals surface area (Å²) in [6, 6.07) is -0.884. The molecule has 0 aliphatic carbocycles. The molecule has 0 aromatic heterocycles. The first-order valence-corrected chi connectivity index (χ1v) is 32.8. The van der Waals surface area contributed by atoms with Crippen molar-refractivity contribution >= 4 is 19.7 Å². The third kappa shape index (κ3) is 54.8. The lowest BCUT2D eigenvalue weighted by Crippen LogP contribution is -2.47. The summed E-state index contributed by atoms with van der Waals surface area (Å²) in [5.74, 6) is -0.530. The average molecular weight is 1050 g/mol. The molecule has 0 saturated carbocycles. The number of hydrogen-bond donors (Lipinski definition) is 1. The van der Waals surface area contributed by atoms with E-state index in [0.29, 0.717) is 17.4 Å². The lowest BCUT2D eigenvalue weighted by Gasteiger charge is -2.30. The summed E-state index contributed by atoms with van der Waals surface area (Å²) >= 11 is 0. The Kier molecular flexibility index (Phi) is 52.3. The Morgan fingerprint density at radius 2 is 0.836 bits per heavy atom. The third-order valence-corrected chi connectivity index (χ3v) is 15.0. The molecule has 430 valence electrons. The molecule has 0 saturated heterocycles. The highest BCUT2D eigenvalue weighted by molar-refractivity contribution is 7.45. The van der Waals surface area contributed by atoms with Crippen molar-refractivity contribution in [1.82, 2.24) is 5.32 Å². The Bertz CT molecular complexity index is 1350. The third-order valence-electron chi connectivity index (χ3n) is 14.1. The van der Waals surface area contributed by atoms with Crippen LogP contribution in [0.25, 0.3) is 0 Å². The van der Waals surface area contributed by atoms with Gasteiger partial charge in [0.1, 0.15) is 19.3 Å². The molecule has 1 amide bonds. The van der Waals surface area contributed by atoms with Crippen molar-refractivity contribution in [3.63, 3.8) is 0 Å². The van der Waals surface area contributed by atoms with E-state index in [4.69, 9.17) is 13.8 Å². The number of carbonyl (C=O) groups is 2. The minimum atomic E-state index is -4.69. The van der Waals surface area contributed by atoms with Gasteiger partial charge in [-0.3, -0.25) is 14.2 Å². The Labute approximate surface area is 453 Å². The molecule has 1 N–H and O–H groups in total. The Hall–Kier alpha value is -1.77. The molecule has 0 aromatic carbocycles. The van der Waals surface area contributed by atoms with Gasteiger partial charge in [0, 0.05) is 12.8 Å². The highest BCUT2D eigenvalue weighted by Crippen LogP contribution is 2.38. The quantitative estimate of drug-likeness (QED) is 0.0212. The number of ether oxygens (including phenoxy) is 1. The highest BCUT2D eigenvalue weighted by Gasteiger charge is 2.27. The largest absolute Gasteiger partial charge is 0.756 e. The molecule has 9 nitrogen and oxygen atoms in total. The predicted molar refractivity (Wildman–Crippen MR) is 312 cm³/mol. The Balaban J connectivity index is 5.16. The molecule has 10 heteroatoms. The molecule has 73 heavy (non-hydrogen) atoms. The predicted octanol–water partition coefficient (Wildman–Crippen LogP) is 18.5. The fraction of sp³-hybridized carbons (Fsp3) is 0.873. The number of carbonyl (C=O) groups excluding carboxylic acids is 2. The van der Waals surface area contributed by atoms with Crippen LogP contribution in [0.4, 0.5) is 0 Å². The molecule has 0 aromatic rings. The molecule has 0 aliphatic heterocycles. The lowest BCUT2D eigenvalue weighted by molar-refractivity contribution is -0.870. The van der Waals surface area contributed by atoms with Gasteiger partial charge >= 0.3 is 5.97 Å². The van der Waals surface area contributed by atoms with Crippen molar-refractivity contribution in [2.24, 2.45) is 0 Å². The van der Waals surface area contributed by atoms with Gasteiger partial charge in [-0.25, -0.2) is 0 Å². The van der Waals surface area contributed by atoms with E-state index < -0.39 is 20.0 Å². The van der Waals surface area contributed by atoms with Crippen LogP contribution >= 0.6 is 7.82 Å². The highest BCUT2D eigenvalue weighted by atomic mass is 31.2. The van der Waals surface area contributed by atoms with Gasteiger partial charge in [0.25, 0.3) is 7.82 Å². The molecule has 0 heterocycles. The van der Waals surface area contributed by atoms with E-state index in [9.17, 15) is 19.0 Å². The topological polar surface area (TPSA) is 114 Å². The molecule has 0 rings (SSSR count). The SMILES string of the molecule is CCCCC/C=C\C/C=C\CCCCCCCCCCCCCC(=O)NC(COP(=O)([O-])OCC[N+](C)(C)C)C(/C=C\CCCCCCCCCCC)OC(=O)CCCCCCCCCCCCCCCCC. The first kappa shape index (κ1) is 71.2. The van der Waals surface area contributed by atoms with Crippen molar-refractivity contribution in [2.75, 3.05) is 40.9 Å². The van der Waals surface area contributed by atoms with Gasteiger partial charge in [0.15, 0.2) is 0 Å². The number of esters is 1. The summed E-state index contributed by atoms with van der Waals surface area (Å²) in [7, 11) is 1.19. The van der Waals surface area contributed by atoms with E-state index in [1.165, 1.54) is 205 Å². The van der Waals surface area contributed by atoms with E-state index in [-0.39, 0.29) is 31.5 Å². The molecule has 0 spiro atoms. The second-order valence-electron chi connectivity index (χ2n) is 22.6. The van der Waals surface area contributed by atoms with E-state index in [2.05, 4.69) is 50.4 Å². The summed E-state index contributed by atoms with van der Waals surface area (Å²) < 4.78 is 30.3. The van der Waals surface area contributed by atoms with Gasteiger partial charge in [0.2, 0.25) is 5.91 Å². The standard InChI is InChI=1S/C63H121N2O7P/c1-7-10-13-16-19-22-25-27-29-30-31-32-33-34-36-37-40-43-46-49-52-55-62(66)64-60(59-71-73(68,69)70-58-57-65(4,5)6)61(54-51-48-45-42-39-24-21-18-15-12-9-3)72-63(67)56-53-50-47-44-41-38-35-28-26-23-20-17-14-11-8-2/h19,22,27,29,51,54,60-61H,7-18,20-21,23-26,28,30-50,52-53,55-59H2,1-6H3,(H-,64,66,68,69)/b22-19-,29-27-,54-51-. The van der Waals surface area contributed by atoms with Gasteiger partial charge in [-0.2, -0.15) is 0 Å². The number of likely N-dealkylation sites (N-methyl/N-ethyl adjacent to an activating group) is 1. The van der Waals surface area contributed by atoms with Crippen molar-refractivity contribution in [3.05, 3.63) is 36.5 Å². The number of unbranched alkanes of at least 4 members (excludes halogenated alkanes) is 37. The molecule has 0 radical (unpaired) electrons. The Morgan fingerprint density at radius 1 is 0.479 bits per heavy atom. The Morgan fingerprint density at radius 3 is 1.26 bits per heavy atom. The molecule has 3 atom stereocenters. The maximum atomic E-state index is 13.5. The fourth-order valence-electron chi connectivity index (χ4n) is 9.20. The molecule has 0 aliphatic rings. The number of allylic oxidation sites excluding steroid dienone is 5. The zero-order valence-electron chi connectivity index (χ0n) is 49.1. The summed E-state index contributed by atoms with van der Waals surface area (Å²) in [4.78, 5) is 39.9. The number of phosphoric acid groups is 1. The van der Waals surface area contributed by atoms with Gasteiger partial charge < -0.3 is 28.5 Å². The van der Waals surface area contributed by atoms with Crippen LogP contribution in [0, 0.1) is 0 Å². The van der Waals surface area contributed by atoms with Gasteiger partial charge in [0.05, 0.1) is 33.8 Å².